The normalized spacial score (nSPS) is 23.3. The number of nitrogens with zero attached hydrogens (tertiary/aromatic N) is 2. The van der Waals surface area contributed by atoms with Crippen molar-refractivity contribution in [3.8, 4) is 11.6 Å². The number of piperidine rings is 1. The van der Waals surface area contributed by atoms with Gasteiger partial charge in [-0.15, -0.1) is 24.8 Å². The Kier molecular flexibility index (Phi) is 7.20. The van der Waals surface area contributed by atoms with E-state index < -0.39 is 0 Å². The molecule has 2 unspecified atom stereocenters. The van der Waals surface area contributed by atoms with Gasteiger partial charge in [0.2, 0.25) is 5.88 Å². The Morgan fingerprint density at radius 2 is 1.92 bits per heavy atom. The molecule has 2 aromatic rings. The number of aromatic nitrogens is 2. The second-order valence-electron chi connectivity index (χ2n) is 6.45. The van der Waals surface area contributed by atoms with Gasteiger partial charge in [0.05, 0.1) is 6.20 Å². The van der Waals surface area contributed by atoms with E-state index >= 15 is 0 Å². The summed E-state index contributed by atoms with van der Waals surface area (Å²) in [6.07, 6.45) is 9.16. The van der Waals surface area contributed by atoms with Crippen LogP contribution in [-0.4, -0.2) is 34.0 Å². The summed E-state index contributed by atoms with van der Waals surface area (Å²) < 4.78 is 5.64. The molecule has 2 aliphatic rings. The molecule has 0 radical (unpaired) electrons. The van der Waals surface area contributed by atoms with Crippen molar-refractivity contribution in [1.29, 1.82) is 0 Å². The maximum absolute atomic E-state index is 12.5. The predicted molar refractivity (Wildman–Crippen MR) is 103 cm³/mol. The minimum Gasteiger partial charge on any atom is -0.437 e. The van der Waals surface area contributed by atoms with Crippen molar-refractivity contribution in [3.05, 3.63) is 48.4 Å². The van der Waals surface area contributed by atoms with Gasteiger partial charge in [-0.1, -0.05) is 6.07 Å². The number of amides is 1. The van der Waals surface area contributed by atoms with Crippen molar-refractivity contribution < 1.29 is 9.53 Å². The van der Waals surface area contributed by atoms with Crippen molar-refractivity contribution in [1.82, 2.24) is 20.6 Å². The highest BCUT2D eigenvalue weighted by molar-refractivity contribution is 5.94. The number of ether oxygens (including phenoxy) is 1. The number of hydrogen-bond donors (Lipinski definition) is 2. The Bertz CT molecular complexity index is 720. The van der Waals surface area contributed by atoms with Crippen LogP contribution in [0.1, 0.15) is 36.0 Å². The summed E-state index contributed by atoms with van der Waals surface area (Å²) in [5.74, 6) is 0.935. The molecule has 1 amide bonds. The Morgan fingerprint density at radius 3 is 2.62 bits per heavy atom. The molecule has 2 N–H and O–H groups in total. The smallest absolute Gasteiger partial charge is 0.251 e. The lowest BCUT2D eigenvalue weighted by Crippen LogP contribution is -2.48. The molecular weight excluding hydrogens is 375 g/mol. The van der Waals surface area contributed by atoms with E-state index in [2.05, 4.69) is 20.6 Å². The number of carbonyl (C=O) groups excluding carboxylic acids is 1. The Labute approximate surface area is 165 Å². The van der Waals surface area contributed by atoms with Gasteiger partial charge in [-0.25, -0.2) is 4.98 Å². The molecule has 2 bridgehead atoms. The molecule has 3 heterocycles. The average Bonchev–Trinajstić information content (AvgIpc) is 2.94. The molecule has 1 aromatic carbocycles. The number of halogens is 2. The topological polar surface area (TPSA) is 76.1 Å². The van der Waals surface area contributed by atoms with E-state index in [1.54, 1.807) is 30.6 Å². The first kappa shape index (κ1) is 20.4. The number of fused-ring (bicyclic) bond motifs is 2. The second-order valence-corrected chi connectivity index (χ2v) is 6.45. The lowest BCUT2D eigenvalue weighted by Gasteiger charge is -2.29. The van der Waals surface area contributed by atoms with Crippen LogP contribution < -0.4 is 15.4 Å². The Morgan fingerprint density at radius 1 is 1.15 bits per heavy atom. The van der Waals surface area contributed by atoms with E-state index in [0.29, 0.717) is 29.3 Å². The maximum atomic E-state index is 12.5. The molecule has 2 saturated heterocycles. The molecule has 0 aliphatic carbocycles. The van der Waals surface area contributed by atoms with Crippen LogP contribution in [0.5, 0.6) is 11.6 Å². The summed E-state index contributed by atoms with van der Waals surface area (Å²) in [6.45, 7) is 0. The fourth-order valence-corrected chi connectivity index (χ4v) is 3.60. The average molecular weight is 397 g/mol. The highest BCUT2D eigenvalue weighted by atomic mass is 35.5. The first-order chi connectivity index (χ1) is 11.8. The SMILES string of the molecule is Cl.Cl.O=C(NC1CC2CCC(C1)N2)c1cccc(Oc2cnccn2)c1. The molecule has 26 heavy (non-hydrogen) atoms. The van der Waals surface area contributed by atoms with Gasteiger partial charge in [0.15, 0.2) is 0 Å². The van der Waals surface area contributed by atoms with Crippen molar-refractivity contribution in [2.24, 2.45) is 0 Å². The molecule has 2 aliphatic heterocycles. The third kappa shape index (κ3) is 4.84. The molecule has 0 spiro atoms. The summed E-state index contributed by atoms with van der Waals surface area (Å²) in [6, 6.07) is 8.51. The number of rotatable bonds is 4. The fraction of sp³-hybridized carbons (Fsp3) is 0.389. The zero-order valence-corrected chi connectivity index (χ0v) is 15.8. The highest BCUT2D eigenvalue weighted by Gasteiger charge is 2.34. The highest BCUT2D eigenvalue weighted by Crippen LogP contribution is 2.27. The predicted octanol–water partition coefficient (Wildman–Crippen LogP) is 3.13. The summed E-state index contributed by atoms with van der Waals surface area (Å²) in [7, 11) is 0. The lowest BCUT2D eigenvalue weighted by molar-refractivity contribution is 0.0923. The summed E-state index contributed by atoms with van der Waals surface area (Å²) in [5.41, 5.74) is 0.599. The number of carbonyl (C=O) groups is 1. The van der Waals surface area contributed by atoms with Gasteiger partial charge >= 0.3 is 0 Å². The van der Waals surface area contributed by atoms with Crippen LogP contribution in [0, 0.1) is 0 Å². The molecule has 1 aromatic heterocycles. The molecule has 0 saturated carbocycles. The van der Waals surface area contributed by atoms with Crippen molar-refractivity contribution in [3.63, 3.8) is 0 Å². The molecule has 4 rings (SSSR count). The van der Waals surface area contributed by atoms with Crippen molar-refractivity contribution in [2.45, 2.75) is 43.8 Å². The van der Waals surface area contributed by atoms with Gasteiger partial charge in [0.25, 0.3) is 5.91 Å². The standard InChI is InChI=1S/C18H20N4O2.2ClH/c23-18(22-15-9-13-4-5-14(10-15)21-13)12-2-1-3-16(8-12)24-17-11-19-6-7-20-17;;/h1-3,6-8,11,13-15,21H,4-5,9-10H2,(H,22,23);2*1H. The summed E-state index contributed by atoms with van der Waals surface area (Å²) >= 11 is 0. The van der Waals surface area contributed by atoms with Crippen LogP contribution in [0.4, 0.5) is 0 Å². The van der Waals surface area contributed by atoms with E-state index in [4.69, 9.17) is 4.74 Å². The van der Waals surface area contributed by atoms with Gasteiger partial charge in [-0.05, 0) is 43.9 Å². The van der Waals surface area contributed by atoms with Gasteiger partial charge in [0, 0.05) is 36.1 Å². The third-order valence-electron chi connectivity index (χ3n) is 4.67. The lowest BCUT2D eigenvalue weighted by atomic mass is 9.99. The van der Waals surface area contributed by atoms with Crippen molar-refractivity contribution in [2.75, 3.05) is 0 Å². The van der Waals surface area contributed by atoms with Crippen molar-refractivity contribution >= 4 is 30.7 Å². The third-order valence-corrected chi connectivity index (χ3v) is 4.67. The van der Waals surface area contributed by atoms with Crippen LogP contribution >= 0.6 is 24.8 Å². The van der Waals surface area contributed by atoms with Gasteiger partial charge in [-0.3, -0.25) is 9.78 Å². The quantitative estimate of drug-likeness (QED) is 0.829. The molecule has 2 atom stereocenters. The fourth-order valence-electron chi connectivity index (χ4n) is 3.60. The van der Waals surface area contributed by atoms with Gasteiger partial charge < -0.3 is 15.4 Å². The van der Waals surface area contributed by atoms with Crippen LogP contribution in [-0.2, 0) is 0 Å². The second kappa shape index (κ2) is 9.16. The number of hydrogen-bond acceptors (Lipinski definition) is 5. The Balaban J connectivity index is 0.00000121. The minimum absolute atomic E-state index is 0. The molecule has 6 nitrogen and oxygen atoms in total. The largest absolute Gasteiger partial charge is 0.437 e. The number of benzene rings is 1. The molecule has 2 fully saturated rings. The maximum Gasteiger partial charge on any atom is 0.251 e. The van der Waals surface area contributed by atoms with E-state index in [0.717, 1.165) is 12.8 Å². The van der Waals surface area contributed by atoms with Gasteiger partial charge in [-0.2, -0.15) is 0 Å². The van der Waals surface area contributed by atoms with Gasteiger partial charge in [0.1, 0.15) is 5.75 Å². The minimum atomic E-state index is -0.0501. The van der Waals surface area contributed by atoms with Crippen LogP contribution in [0.3, 0.4) is 0 Å². The van der Waals surface area contributed by atoms with E-state index in [1.165, 1.54) is 19.0 Å². The van der Waals surface area contributed by atoms with Crippen LogP contribution in [0.15, 0.2) is 42.9 Å². The Hall–Kier alpha value is -1.89. The van der Waals surface area contributed by atoms with Crippen LogP contribution in [0.25, 0.3) is 0 Å². The number of nitrogens with one attached hydrogen (secondary N) is 2. The summed E-state index contributed by atoms with van der Waals surface area (Å²) in [5, 5.41) is 6.75. The molecular formula is C18H22Cl2N4O2. The zero-order valence-electron chi connectivity index (χ0n) is 14.1. The summed E-state index contributed by atoms with van der Waals surface area (Å²) in [4.78, 5) is 20.6. The van der Waals surface area contributed by atoms with E-state index in [9.17, 15) is 4.79 Å². The first-order valence-electron chi connectivity index (χ1n) is 8.37. The molecule has 140 valence electrons. The zero-order chi connectivity index (χ0) is 16.4. The van der Waals surface area contributed by atoms with E-state index in [-0.39, 0.29) is 36.8 Å². The molecule has 8 heteroatoms. The van der Waals surface area contributed by atoms with E-state index in [1.807, 2.05) is 6.07 Å². The van der Waals surface area contributed by atoms with Crippen LogP contribution in [0.2, 0.25) is 0 Å². The first-order valence-corrected chi connectivity index (χ1v) is 8.37. The monoisotopic (exact) mass is 396 g/mol.